The zero-order valence-electron chi connectivity index (χ0n) is 6.72. The third-order valence-electron chi connectivity index (χ3n) is 1.98. The van der Waals surface area contributed by atoms with Gasteiger partial charge in [0, 0.05) is 6.54 Å². The third kappa shape index (κ3) is 3.40. The van der Waals surface area contributed by atoms with Crippen LogP contribution in [0.3, 0.4) is 0 Å². The van der Waals surface area contributed by atoms with Crippen LogP contribution in [0, 0.1) is 0 Å². The topological polar surface area (TPSA) is 38.4 Å². The van der Waals surface area contributed by atoms with Crippen LogP contribution in [0.2, 0.25) is 0 Å². The van der Waals surface area contributed by atoms with Crippen LogP contribution in [0.5, 0.6) is 0 Å². The zero-order chi connectivity index (χ0) is 8.10. The molecule has 0 aromatic carbocycles. The molecule has 0 amide bonds. The van der Waals surface area contributed by atoms with E-state index in [1.54, 1.807) is 0 Å². The largest absolute Gasteiger partial charge is 0.387 e. The van der Waals surface area contributed by atoms with Crippen molar-refractivity contribution in [3.8, 4) is 0 Å². The highest BCUT2D eigenvalue weighted by atomic mass is 127. The molecule has 0 fully saturated rings. The summed E-state index contributed by atoms with van der Waals surface area (Å²) >= 11 is 2.39. The number of alkyl halides is 1. The van der Waals surface area contributed by atoms with Crippen LogP contribution in [0.1, 0.15) is 32.1 Å². The Balaban J connectivity index is 2.44. The van der Waals surface area contributed by atoms with Crippen molar-refractivity contribution in [1.29, 1.82) is 0 Å². The van der Waals surface area contributed by atoms with E-state index in [1.807, 2.05) is 0 Å². The van der Waals surface area contributed by atoms with Gasteiger partial charge in [0.05, 0.1) is 3.92 Å². The molecule has 2 N–H and O–H groups in total. The summed E-state index contributed by atoms with van der Waals surface area (Å²) in [6, 6.07) is 0. The lowest BCUT2D eigenvalue weighted by Gasteiger charge is -2.06. The fourth-order valence-electron chi connectivity index (χ4n) is 1.24. The van der Waals surface area contributed by atoms with Crippen molar-refractivity contribution in [2.24, 2.45) is 10.7 Å². The van der Waals surface area contributed by atoms with Gasteiger partial charge in [-0.2, -0.15) is 0 Å². The summed E-state index contributed by atoms with van der Waals surface area (Å²) in [4.78, 5) is 4.31. The second kappa shape index (κ2) is 4.95. The average molecular weight is 266 g/mol. The summed E-state index contributed by atoms with van der Waals surface area (Å²) in [5.41, 5.74) is 5.76. The molecule has 1 heterocycles. The first-order valence-corrected chi connectivity index (χ1v) is 5.49. The van der Waals surface area contributed by atoms with Crippen LogP contribution in [0.25, 0.3) is 0 Å². The molecular weight excluding hydrogens is 251 g/mol. The Labute approximate surface area is 81.8 Å². The molecule has 11 heavy (non-hydrogen) atoms. The molecule has 0 aliphatic carbocycles. The number of amidine groups is 1. The van der Waals surface area contributed by atoms with E-state index in [-0.39, 0.29) is 0 Å². The van der Waals surface area contributed by atoms with Gasteiger partial charge in [-0.05, 0) is 12.8 Å². The highest BCUT2D eigenvalue weighted by Gasteiger charge is 2.09. The lowest BCUT2D eigenvalue weighted by molar-refractivity contribution is 0.644. The van der Waals surface area contributed by atoms with Crippen LogP contribution in [0.15, 0.2) is 4.99 Å². The van der Waals surface area contributed by atoms with Gasteiger partial charge < -0.3 is 5.73 Å². The van der Waals surface area contributed by atoms with Crippen LogP contribution >= 0.6 is 22.6 Å². The van der Waals surface area contributed by atoms with Gasteiger partial charge in [-0.3, -0.25) is 4.99 Å². The van der Waals surface area contributed by atoms with E-state index < -0.39 is 0 Å². The van der Waals surface area contributed by atoms with E-state index in [2.05, 4.69) is 27.6 Å². The molecule has 3 heteroatoms. The van der Waals surface area contributed by atoms with E-state index in [1.165, 1.54) is 32.1 Å². The smallest absolute Gasteiger partial charge is 0.107 e. The summed E-state index contributed by atoms with van der Waals surface area (Å²) in [7, 11) is 0. The van der Waals surface area contributed by atoms with Crippen molar-refractivity contribution in [2.75, 3.05) is 6.54 Å². The van der Waals surface area contributed by atoms with Crippen molar-refractivity contribution in [3.05, 3.63) is 0 Å². The molecule has 0 aromatic rings. The summed E-state index contributed by atoms with van der Waals surface area (Å²) in [5.74, 6) is 0.854. The molecular formula is C8H15IN2. The first-order chi connectivity index (χ1) is 5.30. The van der Waals surface area contributed by atoms with Gasteiger partial charge in [0.15, 0.2) is 0 Å². The summed E-state index contributed by atoms with van der Waals surface area (Å²) in [5, 5.41) is 0. The molecule has 0 radical (unpaired) electrons. The van der Waals surface area contributed by atoms with E-state index in [9.17, 15) is 0 Å². The van der Waals surface area contributed by atoms with Gasteiger partial charge in [-0.1, -0.05) is 41.9 Å². The highest BCUT2D eigenvalue weighted by Crippen LogP contribution is 2.14. The summed E-state index contributed by atoms with van der Waals surface area (Å²) in [6.07, 6.45) is 6.40. The van der Waals surface area contributed by atoms with Gasteiger partial charge in [0.1, 0.15) is 5.84 Å². The summed E-state index contributed by atoms with van der Waals surface area (Å²) in [6.45, 7) is 0.936. The minimum Gasteiger partial charge on any atom is -0.387 e. The second-order valence-corrected chi connectivity index (χ2v) is 4.48. The maximum Gasteiger partial charge on any atom is 0.107 e. The van der Waals surface area contributed by atoms with Gasteiger partial charge in [0.25, 0.3) is 0 Å². The number of nitrogens with two attached hydrogens (primary N) is 1. The monoisotopic (exact) mass is 266 g/mol. The van der Waals surface area contributed by atoms with Gasteiger partial charge >= 0.3 is 0 Å². The number of nitrogens with zero attached hydrogens (tertiary/aromatic N) is 1. The fraction of sp³-hybridized carbons (Fsp3) is 0.875. The van der Waals surface area contributed by atoms with E-state index >= 15 is 0 Å². The van der Waals surface area contributed by atoms with Gasteiger partial charge in [-0.15, -0.1) is 0 Å². The Morgan fingerprint density at radius 1 is 1.27 bits per heavy atom. The SMILES string of the molecule is N/C1=N/CCCCCCC1I. The molecule has 1 atom stereocenters. The average Bonchev–Trinajstić information content (AvgIpc) is 2.07. The highest BCUT2D eigenvalue weighted by molar-refractivity contribution is 14.1. The van der Waals surface area contributed by atoms with Crippen molar-refractivity contribution >= 4 is 28.4 Å². The Morgan fingerprint density at radius 3 is 2.82 bits per heavy atom. The normalized spacial score (nSPS) is 32.8. The predicted octanol–water partition coefficient (Wildman–Crippen LogP) is 2.11. The zero-order valence-corrected chi connectivity index (χ0v) is 8.88. The van der Waals surface area contributed by atoms with Crippen LogP contribution in [0.4, 0.5) is 0 Å². The Kier molecular flexibility index (Phi) is 4.18. The number of rotatable bonds is 0. The predicted molar refractivity (Wildman–Crippen MR) is 57.4 cm³/mol. The quantitative estimate of drug-likeness (QED) is 0.529. The van der Waals surface area contributed by atoms with E-state index in [4.69, 9.17) is 5.73 Å². The Hall–Kier alpha value is 0.200. The van der Waals surface area contributed by atoms with Crippen LogP contribution < -0.4 is 5.73 Å². The molecule has 0 spiro atoms. The molecule has 1 aliphatic heterocycles. The lowest BCUT2D eigenvalue weighted by atomic mass is 10.1. The molecule has 64 valence electrons. The van der Waals surface area contributed by atoms with Crippen LogP contribution in [-0.2, 0) is 0 Å². The third-order valence-corrected chi connectivity index (χ3v) is 3.24. The molecule has 1 aliphatic rings. The minimum atomic E-state index is 0.477. The van der Waals surface area contributed by atoms with Gasteiger partial charge in [0.2, 0.25) is 0 Å². The fourth-order valence-corrected chi connectivity index (χ4v) is 1.88. The standard InChI is InChI=1S/C8H15IN2/c9-7-5-3-1-2-4-6-11-8(7)10/h7H,1-6H2,(H2,10,11). The molecule has 0 saturated carbocycles. The second-order valence-electron chi connectivity index (χ2n) is 2.98. The Bertz CT molecular complexity index is 145. The molecule has 0 saturated heterocycles. The maximum absolute atomic E-state index is 5.76. The molecule has 2 nitrogen and oxygen atoms in total. The number of hydrogen-bond donors (Lipinski definition) is 1. The Morgan fingerprint density at radius 2 is 2.00 bits per heavy atom. The summed E-state index contributed by atoms with van der Waals surface area (Å²) < 4.78 is 0.477. The van der Waals surface area contributed by atoms with Crippen molar-refractivity contribution in [2.45, 2.75) is 36.0 Å². The maximum atomic E-state index is 5.76. The molecule has 0 aromatic heterocycles. The lowest BCUT2D eigenvalue weighted by Crippen LogP contribution is -2.23. The van der Waals surface area contributed by atoms with Crippen molar-refractivity contribution in [3.63, 3.8) is 0 Å². The number of halogens is 1. The van der Waals surface area contributed by atoms with Gasteiger partial charge in [-0.25, -0.2) is 0 Å². The van der Waals surface area contributed by atoms with Crippen LogP contribution in [-0.4, -0.2) is 16.3 Å². The first kappa shape index (κ1) is 9.29. The number of aliphatic imine (C=N–C) groups is 1. The minimum absolute atomic E-state index is 0.477. The van der Waals surface area contributed by atoms with Crippen molar-refractivity contribution in [1.82, 2.24) is 0 Å². The molecule has 1 rings (SSSR count). The van der Waals surface area contributed by atoms with E-state index in [0.717, 1.165) is 12.4 Å². The van der Waals surface area contributed by atoms with E-state index in [0.29, 0.717) is 3.92 Å². The van der Waals surface area contributed by atoms with Crippen molar-refractivity contribution < 1.29 is 0 Å². The number of hydrogen-bond acceptors (Lipinski definition) is 2. The molecule has 1 unspecified atom stereocenters. The first-order valence-electron chi connectivity index (χ1n) is 4.24. The molecule has 0 bridgehead atoms.